The molecule has 2 rings (SSSR count). The predicted octanol–water partition coefficient (Wildman–Crippen LogP) is 4.10. The van der Waals surface area contributed by atoms with E-state index in [1.165, 1.54) is 11.1 Å². The highest BCUT2D eigenvalue weighted by Crippen LogP contribution is 2.37. The molecule has 3 heteroatoms. The van der Waals surface area contributed by atoms with Crippen LogP contribution in [0.1, 0.15) is 37.8 Å². The number of hydrogen-bond acceptors (Lipinski definition) is 2. The van der Waals surface area contributed by atoms with Crippen LogP contribution in [-0.4, -0.2) is 23.5 Å². The minimum absolute atomic E-state index is 0.0964. The van der Waals surface area contributed by atoms with Gasteiger partial charge in [0.15, 0.2) is 0 Å². The summed E-state index contributed by atoms with van der Waals surface area (Å²) in [5.74, 6) is 0.427. The molecule has 19 heavy (non-hydrogen) atoms. The molecule has 102 valence electrons. The third kappa shape index (κ3) is 3.01. The van der Waals surface area contributed by atoms with Crippen molar-refractivity contribution >= 4 is 15.9 Å². The third-order valence-corrected chi connectivity index (χ3v) is 4.56. The molecule has 2 nitrogen and oxygen atoms in total. The van der Waals surface area contributed by atoms with Gasteiger partial charge in [-0.25, -0.2) is 0 Å². The summed E-state index contributed by atoms with van der Waals surface area (Å²) in [4.78, 5) is 2.42. The van der Waals surface area contributed by atoms with Gasteiger partial charge in [-0.05, 0) is 51.0 Å². The molecule has 1 aromatic carbocycles. The molecular weight excluding hydrogens is 300 g/mol. The Bertz CT molecular complexity index is 510. The van der Waals surface area contributed by atoms with Crippen molar-refractivity contribution in [3.8, 4) is 6.07 Å². The molecular formula is C16H21BrN2. The summed E-state index contributed by atoms with van der Waals surface area (Å²) in [6.07, 6.45) is 0. The highest BCUT2D eigenvalue weighted by Gasteiger charge is 2.38. The molecule has 0 radical (unpaired) electrons. The second-order valence-electron chi connectivity index (χ2n) is 6.42. The van der Waals surface area contributed by atoms with Crippen molar-refractivity contribution in [1.29, 1.82) is 5.26 Å². The van der Waals surface area contributed by atoms with Crippen LogP contribution in [0.4, 0.5) is 0 Å². The lowest BCUT2D eigenvalue weighted by molar-refractivity contribution is 0.170. The molecule has 2 atom stereocenters. The van der Waals surface area contributed by atoms with E-state index >= 15 is 0 Å². The number of halogens is 1. The highest BCUT2D eigenvalue weighted by atomic mass is 79.9. The molecule has 1 aromatic rings. The van der Waals surface area contributed by atoms with Crippen molar-refractivity contribution in [3.63, 3.8) is 0 Å². The number of benzene rings is 1. The lowest BCUT2D eigenvalue weighted by atomic mass is 9.87. The summed E-state index contributed by atoms with van der Waals surface area (Å²) in [5.41, 5.74) is 2.73. The molecule has 1 aliphatic rings. The van der Waals surface area contributed by atoms with Gasteiger partial charge in [-0.2, -0.15) is 5.26 Å². The van der Waals surface area contributed by atoms with Gasteiger partial charge >= 0.3 is 0 Å². The average molecular weight is 321 g/mol. The molecule has 1 heterocycles. The van der Waals surface area contributed by atoms with E-state index in [0.717, 1.165) is 17.6 Å². The molecule has 0 N–H and O–H groups in total. The Morgan fingerprint density at radius 2 is 2.00 bits per heavy atom. The van der Waals surface area contributed by atoms with Crippen LogP contribution in [0.25, 0.3) is 0 Å². The molecule has 0 unspecified atom stereocenters. The second kappa shape index (κ2) is 5.26. The van der Waals surface area contributed by atoms with Crippen molar-refractivity contribution in [2.75, 3.05) is 13.1 Å². The van der Waals surface area contributed by atoms with E-state index in [9.17, 15) is 5.26 Å². The van der Waals surface area contributed by atoms with Crippen LogP contribution in [0.2, 0.25) is 0 Å². The minimum atomic E-state index is 0.0964. The van der Waals surface area contributed by atoms with Gasteiger partial charge in [0, 0.05) is 29.0 Å². The average Bonchev–Trinajstić information content (AvgIpc) is 2.72. The Labute approximate surface area is 124 Å². The molecule has 0 aromatic heterocycles. The summed E-state index contributed by atoms with van der Waals surface area (Å²) >= 11 is 3.51. The lowest BCUT2D eigenvalue weighted by Crippen LogP contribution is -2.39. The zero-order valence-electron chi connectivity index (χ0n) is 12.1. The first kappa shape index (κ1) is 14.6. The topological polar surface area (TPSA) is 27.0 Å². The Morgan fingerprint density at radius 3 is 2.53 bits per heavy atom. The second-order valence-corrected chi connectivity index (χ2v) is 7.33. The normalized spacial score (nSPS) is 24.4. The third-order valence-electron chi connectivity index (χ3n) is 4.07. The van der Waals surface area contributed by atoms with Crippen LogP contribution >= 0.6 is 15.9 Å². The quantitative estimate of drug-likeness (QED) is 0.779. The molecule has 0 amide bonds. The van der Waals surface area contributed by atoms with E-state index in [-0.39, 0.29) is 11.5 Å². The van der Waals surface area contributed by atoms with Gasteiger partial charge in [-0.15, -0.1) is 0 Å². The molecule has 0 aliphatic carbocycles. The number of rotatable bonds is 1. The van der Waals surface area contributed by atoms with Crippen LogP contribution in [0.3, 0.4) is 0 Å². The first-order valence-corrected chi connectivity index (χ1v) is 7.53. The molecule has 0 bridgehead atoms. The van der Waals surface area contributed by atoms with Crippen molar-refractivity contribution in [3.05, 3.63) is 33.8 Å². The van der Waals surface area contributed by atoms with Gasteiger partial charge in [0.25, 0.3) is 0 Å². The maximum atomic E-state index is 9.44. The Kier molecular flexibility index (Phi) is 4.03. The van der Waals surface area contributed by atoms with Gasteiger partial charge in [0.2, 0.25) is 0 Å². The summed E-state index contributed by atoms with van der Waals surface area (Å²) in [6.45, 7) is 10.6. The van der Waals surface area contributed by atoms with E-state index in [1.807, 2.05) is 0 Å². The first-order chi connectivity index (χ1) is 8.82. The summed E-state index contributed by atoms with van der Waals surface area (Å²) < 4.78 is 1.10. The maximum absolute atomic E-state index is 9.44. The van der Waals surface area contributed by atoms with Crippen LogP contribution < -0.4 is 0 Å². The van der Waals surface area contributed by atoms with E-state index in [4.69, 9.17) is 0 Å². The highest BCUT2D eigenvalue weighted by molar-refractivity contribution is 9.10. The minimum Gasteiger partial charge on any atom is -0.297 e. The van der Waals surface area contributed by atoms with Gasteiger partial charge in [-0.1, -0.05) is 22.0 Å². The standard InChI is InChI=1S/C16H21BrN2/c1-11-7-13(17)5-6-14(11)15-10-19(16(2,3)4)9-12(15)8-18/h5-7,12,15H,9-10H2,1-4H3/t12-,15-/m1/s1. The SMILES string of the molecule is Cc1cc(Br)ccc1[C@@H]1CN(C(C)(C)C)C[C@H]1C#N. The molecule has 0 spiro atoms. The maximum Gasteiger partial charge on any atom is 0.0676 e. The zero-order chi connectivity index (χ0) is 14.2. The Hall–Kier alpha value is -0.850. The fourth-order valence-electron chi connectivity index (χ4n) is 2.85. The van der Waals surface area contributed by atoms with Crippen LogP contribution in [-0.2, 0) is 0 Å². The summed E-state index contributed by atoms with van der Waals surface area (Å²) in [6, 6.07) is 8.89. The van der Waals surface area contributed by atoms with Crippen LogP contribution in [0, 0.1) is 24.2 Å². The summed E-state index contributed by atoms with van der Waals surface area (Å²) in [5, 5.41) is 9.44. The van der Waals surface area contributed by atoms with Gasteiger partial charge in [-0.3, -0.25) is 4.90 Å². The van der Waals surface area contributed by atoms with Crippen LogP contribution in [0.15, 0.2) is 22.7 Å². The van der Waals surface area contributed by atoms with Crippen molar-refractivity contribution in [2.45, 2.75) is 39.2 Å². The van der Waals surface area contributed by atoms with Gasteiger partial charge < -0.3 is 0 Å². The van der Waals surface area contributed by atoms with Gasteiger partial charge in [0.1, 0.15) is 0 Å². The van der Waals surface area contributed by atoms with E-state index in [1.54, 1.807) is 0 Å². The number of nitrogens with zero attached hydrogens (tertiary/aromatic N) is 2. The van der Waals surface area contributed by atoms with Crippen molar-refractivity contribution in [2.24, 2.45) is 5.92 Å². The summed E-state index contributed by atoms with van der Waals surface area (Å²) in [7, 11) is 0. The van der Waals surface area contributed by atoms with E-state index in [0.29, 0.717) is 5.92 Å². The number of hydrogen-bond donors (Lipinski definition) is 0. The fourth-order valence-corrected chi connectivity index (χ4v) is 3.33. The number of likely N-dealkylation sites (tertiary alicyclic amines) is 1. The lowest BCUT2D eigenvalue weighted by Gasteiger charge is -2.31. The first-order valence-electron chi connectivity index (χ1n) is 6.73. The van der Waals surface area contributed by atoms with Crippen molar-refractivity contribution in [1.82, 2.24) is 4.90 Å². The Morgan fingerprint density at radius 1 is 1.32 bits per heavy atom. The van der Waals surface area contributed by atoms with Crippen molar-refractivity contribution < 1.29 is 0 Å². The number of aryl methyl sites for hydroxylation is 1. The van der Waals surface area contributed by atoms with Gasteiger partial charge in [0.05, 0.1) is 12.0 Å². The molecule has 1 saturated heterocycles. The predicted molar refractivity (Wildman–Crippen MR) is 82.0 cm³/mol. The zero-order valence-corrected chi connectivity index (χ0v) is 13.7. The largest absolute Gasteiger partial charge is 0.297 e. The molecule has 0 saturated carbocycles. The Balaban J connectivity index is 2.31. The van der Waals surface area contributed by atoms with Crippen LogP contribution in [0.5, 0.6) is 0 Å². The fraction of sp³-hybridized carbons (Fsp3) is 0.562. The molecule has 1 aliphatic heterocycles. The number of nitriles is 1. The molecule has 1 fully saturated rings. The monoisotopic (exact) mass is 320 g/mol. The van der Waals surface area contributed by atoms with E-state index in [2.05, 4.69) is 72.8 Å². The smallest absolute Gasteiger partial charge is 0.0676 e. The van der Waals surface area contributed by atoms with E-state index < -0.39 is 0 Å².